The van der Waals surface area contributed by atoms with Crippen molar-refractivity contribution < 1.29 is 4.84 Å². The van der Waals surface area contributed by atoms with Crippen molar-refractivity contribution in [2.45, 2.75) is 32.3 Å². The summed E-state index contributed by atoms with van der Waals surface area (Å²) in [5.41, 5.74) is 1.83. The molecule has 2 heterocycles. The van der Waals surface area contributed by atoms with Crippen molar-refractivity contribution in [3.63, 3.8) is 0 Å². The van der Waals surface area contributed by atoms with Gasteiger partial charge in [-0.25, -0.2) is 0 Å². The Morgan fingerprint density at radius 3 is 3.11 bits per heavy atom. The van der Waals surface area contributed by atoms with Crippen LogP contribution in [0.5, 0.6) is 0 Å². The maximum atomic E-state index is 5.40. The molecule has 0 saturated heterocycles. The van der Waals surface area contributed by atoms with Crippen LogP contribution in [0.1, 0.15) is 31.9 Å². The highest BCUT2D eigenvalue weighted by Crippen LogP contribution is 2.16. The van der Waals surface area contributed by atoms with Gasteiger partial charge in [0, 0.05) is 23.6 Å². The zero-order chi connectivity index (χ0) is 12.8. The number of oxime groups is 1. The van der Waals surface area contributed by atoms with Crippen LogP contribution in [0.15, 0.2) is 28.0 Å². The van der Waals surface area contributed by atoms with Crippen molar-refractivity contribution in [3.05, 3.63) is 28.5 Å². The second-order valence-electron chi connectivity index (χ2n) is 4.39. The molecule has 0 amide bonds. The summed E-state index contributed by atoms with van der Waals surface area (Å²) in [6.45, 7) is 4.08. The number of nitrogens with one attached hydrogen (secondary N) is 1. The van der Waals surface area contributed by atoms with E-state index in [-0.39, 0.29) is 6.10 Å². The average molecular weight is 312 g/mol. The minimum absolute atomic E-state index is 0.141. The van der Waals surface area contributed by atoms with Crippen LogP contribution in [0.2, 0.25) is 0 Å². The lowest BCUT2D eigenvalue weighted by atomic mass is 10.1. The Morgan fingerprint density at radius 2 is 2.39 bits per heavy atom. The molecule has 1 aromatic heterocycles. The van der Waals surface area contributed by atoms with E-state index in [0.717, 1.165) is 35.4 Å². The zero-order valence-electron chi connectivity index (χ0n) is 10.5. The van der Waals surface area contributed by atoms with E-state index in [2.05, 4.69) is 38.3 Å². The Morgan fingerprint density at radius 1 is 1.50 bits per heavy atom. The van der Waals surface area contributed by atoms with Gasteiger partial charge in [0.25, 0.3) is 0 Å². The minimum Gasteiger partial charge on any atom is -0.390 e. The first-order valence-corrected chi connectivity index (χ1v) is 7.14. The summed E-state index contributed by atoms with van der Waals surface area (Å²) in [5, 5.41) is 7.50. The van der Waals surface area contributed by atoms with Crippen molar-refractivity contribution in [2.24, 2.45) is 5.16 Å². The van der Waals surface area contributed by atoms with Crippen LogP contribution in [0.4, 0.5) is 0 Å². The number of nitrogens with zero attached hydrogens (tertiary/aromatic N) is 2. The molecule has 0 radical (unpaired) electrons. The van der Waals surface area contributed by atoms with Gasteiger partial charge in [0.2, 0.25) is 0 Å². The van der Waals surface area contributed by atoms with Gasteiger partial charge in [0.05, 0.1) is 5.69 Å². The fourth-order valence-corrected chi connectivity index (χ4v) is 2.04. The minimum atomic E-state index is 0.141. The Balaban J connectivity index is 1.79. The Hall–Kier alpha value is -0.940. The van der Waals surface area contributed by atoms with Gasteiger partial charge in [-0.2, -0.15) is 0 Å². The first-order valence-electron chi connectivity index (χ1n) is 6.35. The molecule has 1 N–H and O–H groups in total. The van der Waals surface area contributed by atoms with Gasteiger partial charge in [0.1, 0.15) is 11.8 Å². The van der Waals surface area contributed by atoms with E-state index in [1.165, 1.54) is 12.8 Å². The van der Waals surface area contributed by atoms with E-state index >= 15 is 0 Å². The maximum absolute atomic E-state index is 5.40. The second kappa shape index (κ2) is 6.85. The molecule has 1 atom stereocenters. The van der Waals surface area contributed by atoms with E-state index in [1.54, 1.807) is 6.20 Å². The molecule has 18 heavy (non-hydrogen) atoms. The maximum Gasteiger partial charge on any atom is 0.145 e. The fraction of sp³-hybridized carbons (Fsp3) is 0.538. The van der Waals surface area contributed by atoms with E-state index < -0.39 is 0 Å². The smallest absolute Gasteiger partial charge is 0.145 e. The summed E-state index contributed by atoms with van der Waals surface area (Å²) in [4.78, 5) is 9.73. The monoisotopic (exact) mass is 311 g/mol. The van der Waals surface area contributed by atoms with E-state index in [1.807, 2.05) is 12.1 Å². The molecule has 0 aromatic carbocycles. The quantitative estimate of drug-likeness (QED) is 0.822. The van der Waals surface area contributed by atoms with Crippen LogP contribution in [-0.4, -0.2) is 29.9 Å². The van der Waals surface area contributed by atoms with Crippen LogP contribution in [0.25, 0.3) is 0 Å². The number of halogens is 1. The van der Waals surface area contributed by atoms with Crippen LogP contribution >= 0.6 is 15.9 Å². The van der Waals surface area contributed by atoms with Gasteiger partial charge in [0.15, 0.2) is 0 Å². The lowest BCUT2D eigenvalue weighted by Gasteiger charge is -2.08. The van der Waals surface area contributed by atoms with Gasteiger partial charge in [-0.15, -0.1) is 0 Å². The number of rotatable bonds is 6. The first kappa shape index (κ1) is 13.5. The van der Waals surface area contributed by atoms with Gasteiger partial charge in [-0.1, -0.05) is 18.5 Å². The molecule has 1 aromatic rings. The Kier molecular flexibility index (Phi) is 5.13. The fourth-order valence-electron chi connectivity index (χ4n) is 1.80. The highest BCUT2D eigenvalue weighted by Gasteiger charge is 2.22. The number of hydrogen-bond donors (Lipinski definition) is 1. The number of aromatic nitrogens is 1. The zero-order valence-corrected chi connectivity index (χ0v) is 12.1. The molecule has 5 heteroatoms. The van der Waals surface area contributed by atoms with Gasteiger partial charge in [-0.3, -0.25) is 4.98 Å². The molecule has 2 rings (SSSR count). The summed E-state index contributed by atoms with van der Waals surface area (Å²) < 4.78 is 0.976. The summed E-state index contributed by atoms with van der Waals surface area (Å²) in [7, 11) is 0. The Bertz CT molecular complexity index is 405. The summed E-state index contributed by atoms with van der Waals surface area (Å²) in [5.74, 6) is 0. The molecule has 0 aliphatic carbocycles. The highest BCUT2D eigenvalue weighted by atomic mass is 79.9. The van der Waals surface area contributed by atoms with Crippen molar-refractivity contribution in [1.82, 2.24) is 10.3 Å². The largest absolute Gasteiger partial charge is 0.390 e. The van der Waals surface area contributed by atoms with E-state index in [0.29, 0.717) is 0 Å². The molecule has 0 unspecified atom stereocenters. The molecule has 0 saturated carbocycles. The molecular formula is C13H18BrN3O. The summed E-state index contributed by atoms with van der Waals surface area (Å²) in [6, 6.07) is 3.93. The van der Waals surface area contributed by atoms with Crippen molar-refractivity contribution in [3.8, 4) is 0 Å². The first-order chi connectivity index (χ1) is 8.79. The van der Waals surface area contributed by atoms with Crippen LogP contribution in [-0.2, 0) is 4.84 Å². The lowest BCUT2D eigenvalue weighted by Crippen LogP contribution is -2.27. The Labute approximate surface area is 116 Å². The van der Waals surface area contributed by atoms with Gasteiger partial charge in [-0.05, 0) is 41.0 Å². The molecule has 1 aliphatic rings. The van der Waals surface area contributed by atoms with Crippen LogP contribution < -0.4 is 5.32 Å². The third kappa shape index (κ3) is 3.78. The number of hydrogen-bond acceptors (Lipinski definition) is 4. The lowest BCUT2D eigenvalue weighted by molar-refractivity contribution is 0.0851. The standard InChI is InChI=1S/C13H18BrN3O/c1-2-3-6-15-9-11-7-13(17-18-11)12-5-4-10(14)8-16-12/h4-5,8,11,15H,2-3,6-7,9H2,1H3/t11-/m0/s1. The van der Waals surface area contributed by atoms with E-state index in [4.69, 9.17) is 4.84 Å². The van der Waals surface area contributed by atoms with Gasteiger partial charge >= 0.3 is 0 Å². The SMILES string of the molecule is CCCCNC[C@@H]1CC(c2ccc(Br)cn2)=NO1. The summed E-state index contributed by atoms with van der Waals surface area (Å²) >= 11 is 3.37. The molecular weight excluding hydrogens is 294 g/mol. The van der Waals surface area contributed by atoms with Gasteiger partial charge < -0.3 is 10.2 Å². The third-order valence-corrected chi connectivity index (χ3v) is 3.30. The van der Waals surface area contributed by atoms with E-state index in [9.17, 15) is 0 Å². The molecule has 0 bridgehead atoms. The van der Waals surface area contributed by atoms with Crippen molar-refractivity contribution >= 4 is 21.6 Å². The van der Waals surface area contributed by atoms with Crippen molar-refractivity contribution in [1.29, 1.82) is 0 Å². The normalized spacial score (nSPS) is 18.6. The highest BCUT2D eigenvalue weighted by molar-refractivity contribution is 9.10. The third-order valence-electron chi connectivity index (χ3n) is 2.84. The topological polar surface area (TPSA) is 46.5 Å². The molecule has 4 nitrogen and oxygen atoms in total. The molecule has 0 fully saturated rings. The molecule has 1 aliphatic heterocycles. The average Bonchev–Trinajstić information content (AvgIpc) is 2.84. The predicted molar refractivity (Wildman–Crippen MR) is 75.7 cm³/mol. The molecule has 98 valence electrons. The van der Waals surface area contributed by atoms with Crippen molar-refractivity contribution in [2.75, 3.05) is 13.1 Å². The number of unbranched alkanes of at least 4 members (excludes halogenated alkanes) is 1. The summed E-state index contributed by atoms with van der Waals surface area (Å²) in [6.07, 6.45) is 5.17. The number of pyridine rings is 1. The molecule has 0 spiro atoms. The second-order valence-corrected chi connectivity index (χ2v) is 5.30. The van der Waals surface area contributed by atoms with Crippen LogP contribution in [0, 0.1) is 0 Å². The predicted octanol–water partition coefficient (Wildman–Crippen LogP) is 2.73. The van der Waals surface area contributed by atoms with Crippen LogP contribution in [0.3, 0.4) is 0 Å².